The number of anilines is 1. The largest absolute Gasteiger partial charge is 0.383 e. The van der Waals surface area contributed by atoms with Crippen LogP contribution in [-0.2, 0) is 4.74 Å². The smallest absolute Gasteiger partial charge is 0.261 e. The van der Waals surface area contributed by atoms with Crippen molar-refractivity contribution < 1.29 is 13.5 Å². The van der Waals surface area contributed by atoms with E-state index in [9.17, 15) is 8.78 Å². The Morgan fingerprint density at radius 1 is 1.50 bits per heavy atom. The first-order chi connectivity index (χ1) is 8.56. The molecule has 1 atom stereocenters. The van der Waals surface area contributed by atoms with Crippen LogP contribution in [0.3, 0.4) is 0 Å². The molecule has 6 heteroatoms. The Kier molecular flexibility index (Phi) is 5.94. The highest BCUT2D eigenvalue weighted by Crippen LogP contribution is 2.24. The molecule has 0 fully saturated rings. The Morgan fingerprint density at radius 2 is 2.22 bits per heavy atom. The molecule has 0 aliphatic carbocycles. The number of nitrogens with one attached hydrogen (secondary N) is 1. The van der Waals surface area contributed by atoms with Gasteiger partial charge in [0, 0.05) is 24.4 Å². The summed E-state index contributed by atoms with van der Waals surface area (Å²) in [5, 5.41) is 3.10. The van der Waals surface area contributed by atoms with Gasteiger partial charge in [-0.1, -0.05) is 0 Å². The SMILES string of the molecule is CNC(CCOCC(F)F)c1c(C)ccnc1N. The van der Waals surface area contributed by atoms with E-state index in [2.05, 4.69) is 10.3 Å². The molecule has 0 radical (unpaired) electrons. The zero-order chi connectivity index (χ0) is 13.5. The lowest BCUT2D eigenvalue weighted by Gasteiger charge is -2.20. The summed E-state index contributed by atoms with van der Waals surface area (Å²) in [6, 6.07) is 1.83. The standard InChI is InChI=1S/C12H19F2N3O/c1-8-3-5-17-12(15)11(8)9(16-2)4-6-18-7-10(13)14/h3,5,9-10,16H,4,6-7H2,1-2H3,(H2,15,17). The van der Waals surface area contributed by atoms with Gasteiger partial charge in [-0.2, -0.15) is 0 Å². The zero-order valence-electron chi connectivity index (χ0n) is 10.6. The van der Waals surface area contributed by atoms with E-state index in [0.717, 1.165) is 11.1 Å². The van der Waals surface area contributed by atoms with Gasteiger partial charge in [-0.3, -0.25) is 0 Å². The molecule has 0 spiro atoms. The summed E-state index contributed by atoms with van der Waals surface area (Å²) in [6.45, 7) is 1.67. The molecule has 3 N–H and O–H groups in total. The topological polar surface area (TPSA) is 60.2 Å². The Hall–Kier alpha value is -1.27. The van der Waals surface area contributed by atoms with Gasteiger partial charge < -0.3 is 15.8 Å². The highest BCUT2D eigenvalue weighted by Gasteiger charge is 2.15. The van der Waals surface area contributed by atoms with Crippen LogP contribution in [0, 0.1) is 6.92 Å². The number of hydrogen-bond acceptors (Lipinski definition) is 4. The van der Waals surface area contributed by atoms with Crippen molar-refractivity contribution in [2.75, 3.05) is 26.0 Å². The molecule has 102 valence electrons. The maximum Gasteiger partial charge on any atom is 0.261 e. The molecule has 1 heterocycles. The predicted molar refractivity (Wildman–Crippen MR) is 66.6 cm³/mol. The maximum absolute atomic E-state index is 11.9. The molecule has 4 nitrogen and oxygen atoms in total. The zero-order valence-corrected chi connectivity index (χ0v) is 10.6. The van der Waals surface area contributed by atoms with E-state index in [1.54, 1.807) is 13.2 Å². The molecular weight excluding hydrogens is 240 g/mol. The van der Waals surface area contributed by atoms with Crippen LogP contribution >= 0.6 is 0 Å². The third kappa shape index (κ3) is 4.19. The van der Waals surface area contributed by atoms with Crippen molar-refractivity contribution in [3.8, 4) is 0 Å². The maximum atomic E-state index is 11.9. The second-order valence-corrected chi connectivity index (χ2v) is 4.02. The van der Waals surface area contributed by atoms with Crippen LogP contribution in [0.4, 0.5) is 14.6 Å². The summed E-state index contributed by atoms with van der Waals surface area (Å²) in [5.74, 6) is 0.461. The van der Waals surface area contributed by atoms with Crippen molar-refractivity contribution >= 4 is 5.82 Å². The Morgan fingerprint density at radius 3 is 2.78 bits per heavy atom. The quantitative estimate of drug-likeness (QED) is 0.734. The summed E-state index contributed by atoms with van der Waals surface area (Å²) < 4.78 is 28.7. The van der Waals surface area contributed by atoms with Crippen LogP contribution in [0.25, 0.3) is 0 Å². The van der Waals surface area contributed by atoms with Crippen LogP contribution in [0.15, 0.2) is 12.3 Å². The molecule has 1 aromatic heterocycles. The first kappa shape index (κ1) is 14.8. The van der Waals surface area contributed by atoms with Crippen molar-refractivity contribution in [1.29, 1.82) is 0 Å². The fourth-order valence-corrected chi connectivity index (χ4v) is 1.85. The van der Waals surface area contributed by atoms with E-state index in [4.69, 9.17) is 10.5 Å². The van der Waals surface area contributed by atoms with E-state index < -0.39 is 13.0 Å². The molecule has 0 bridgehead atoms. The highest BCUT2D eigenvalue weighted by atomic mass is 19.3. The van der Waals surface area contributed by atoms with Gasteiger partial charge in [0.25, 0.3) is 6.43 Å². The van der Waals surface area contributed by atoms with Gasteiger partial charge in [0.2, 0.25) is 0 Å². The molecule has 1 rings (SSSR count). The minimum atomic E-state index is -2.43. The average molecular weight is 259 g/mol. The van der Waals surface area contributed by atoms with Gasteiger partial charge in [-0.15, -0.1) is 0 Å². The molecule has 18 heavy (non-hydrogen) atoms. The normalized spacial score (nSPS) is 12.9. The van der Waals surface area contributed by atoms with Crippen molar-refractivity contribution in [2.24, 2.45) is 0 Å². The van der Waals surface area contributed by atoms with Crippen LogP contribution in [0.1, 0.15) is 23.6 Å². The van der Waals surface area contributed by atoms with Gasteiger partial charge >= 0.3 is 0 Å². The highest BCUT2D eigenvalue weighted by molar-refractivity contribution is 5.46. The lowest BCUT2D eigenvalue weighted by Crippen LogP contribution is -2.21. The molecular formula is C12H19F2N3O. The number of pyridine rings is 1. The summed E-state index contributed by atoms with van der Waals surface area (Å²) in [6.07, 6.45) is -0.211. The fraction of sp³-hybridized carbons (Fsp3) is 0.583. The number of nitrogens with zero attached hydrogens (tertiary/aromatic N) is 1. The van der Waals surface area contributed by atoms with Crippen molar-refractivity contribution in [3.05, 3.63) is 23.4 Å². The van der Waals surface area contributed by atoms with E-state index in [1.807, 2.05) is 13.0 Å². The number of alkyl halides is 2. The van der Waals surface area contributed by atoms with Crippen molar-refractivity contribution in [3.63, 3.8) is 0 Å². The van der Waals surface area contributed by atoms with Crippen LogP contribution in [0.2, 0.25) is 0 Å². The summed E-state index contributed by atoms with van der Waals surface area (Å²) in [4.78, 5) is 4.04. The lowest BCUT2D eigenvalue weighted by atomic mass is 10.0. The minimum absolute atomic E-state index is 0.0450. The second kappa shape index (κ2) is 7.23. The fourth-order valence-electron chi connectivity index (χ4n) is 1.85. The number of aromatic nitrogens is 1. The van der Waals surface area contributed by atoms with Gasteiger partial charge in [-0.05, 0) is 32.0 Å². The third-order valence-corrected chi connectivity index (χ3v) is 2.73. The molecule has 0 aromatic carbocycles. The Labute approximate surface area is 106 Å². The van der Waals surface area contributed by atoms with E-state index in [0.29, 0.717) is 12.2 Å². The van der Waals surface area contributed by atoms with Gasteiger partial charge in [0.1, 0.15) is 12.4 Å². The predicted octanol–water partition coefficient (Wildman–Crippen LogP) is 1.90. The van der Waals surface area contributed by atoms with E-state index in [1.165, 1.54) is 0 Å². The summed E-state index contributed by atoms with van der Waals surface area (Å²) >= 11 is 0. The molecule has 0 aliphatic heterocycles. The molecule has 1 aromatic rings. The van der Waals surface area contributed by atoms with E-state index >= 15 is 0 Å². The monoisotopic (exact) mass is 259 g/mol. The average Bonchev–Trinajstić information content (AvgIpc) is 2.31. The number of hydrogen-bond donors (Lipinski definition) is 2. The van der Waals surface area contributed by atoms with Crippen LogP contribution in [-0.4, -0.2) is 31.7 Å². The van der Waals surface area contributed by atoms with E-state index in [-0.39, 0.29) is 12.6 Å². The Balaban J connectivity index is 2.60. The van der Waals surface area contributed by atoms with Crippen molar-refractivity contribution in [1.82, 2.24) is 10.3 Å². The number of rotatable bonds is 7. The molecule has 0 amide bonds. The number of ether oxygens (including phenoxy) is 1. The second-order valence-electron chi connectivity index (χ2n) is 4.02. The van der Waals surface area contributed by atoms with Gasteiger partial charge in [0.05, 0.1) is 0 Å². The number of nitrogens with two attached hydrogens (primary N) is 1. The minimum Gasteiger partial charge on any atom is -0.383 e. The molecule has 0 aliphatic rings. The number of aryl methyl sites for hydroxylation is 1. The summed E-state index contributed by atoms with van der Waals surface area (Å²) in [5.41, 5.74) is 7.77. The Bertz CT molecular complexity index is 354. The first-order valence-electron chi connectivity index (χ1n) is 5.80. The van der Waals surface area contributed by atoms with Crippen molar-refractivity contribution in [2.45, 2.75) is 25.8 Å². The summed E-state index contributed by atoms with van der Waals surface area (Å²) in [7, 11) is 1.80. The number of nitrogen functional groups attached to an aromatic ring is 1. The molecule has 0 saturated carbocycles. The van der Waals surface area contributed by atoms with Crippen LogP contribution in [0.5, 0.6) is 0 Å². The lowest BCUT2D eigenvalue weighted by molar-refractivity contribution is 0.0145. The van der Waals surface area contributed by atoms with Gasteiger partial charge in [0.15, 0.2) is 0 Å². The third-order valence-electron chi connectivity index (χ3n) is 2.73. The molecule has 1 unspecified atom stereocenters. The first-order valence-corrected chi connectivity index (χ1v) is 5.80. The van der Waals surface area contributed by atoms with Crippen LogP contribution < -0.4 is 11.1 Å². The number of halogens is 2. The van der Waals surface area contributed by atoms with Gasteiger partial charge in [-0.25, -0.2) is 13.8 Å². The molecule has 0 saturated heterocycles.